The standard InChI is InChI=1S/C32H35NO6/c1-32(2,3)22-14-12-21(13-15-22)28-27(29(34)26-24(38-5)8-7-9-25(26)39-6)30(35)31(36)33(28)19-18-20-10-16-23(37-4)17-11-20/h7-17,28,34H,18-19H2,1-6H3/b29-27+. The minimum atomic E-state index is -0.785. The SMILES string of the molecule is COc1ccc(CCN2C(=O)C(=O)/C(=C(/O)c3c(OC)cccc3OC)C2c2ccc(C(C)(C)C)cc2)cc1. The average molecular weight is 530 g/mol. The second-order valence-electron chi connectivity index (χ2n) is 10.5. The molecule has 7 heteroatoms. The maximum Gasteiger partial charge on any atom is 0.295 e. The fourth-order valence-electron chi connectivity index (χ4n) is 4.88. The third-order valence-electron chi connectivity index (χ3n) is 7.10. The number of rotatable bonds is 8. The van der Waals surface area contributed by atoms with E-state index >= 15 is 0 Å². The lowest BCUT2D eigenvalue weighted by molar-refractivity contribution is -0.139. The van der Waals surface area contributed by atoms with E-state index in [2.05, 4.69) is 20.8 Å². The molecule has 1 aliphatic rings. The molecular weight excluding hydrogens is 494 g/mol. The maximum absolute atomic E-state index is 13.5. The number of hydrogen-bond donors (Lipinski definition) is 1. The molecule has 0 aromatic heterocycles. The van der Waals surface area contributed by atoms with E-state index in [4.69, 9.17) is 14.2 Å². The van der Waals surface area contributed by atoms with Crippen LogP contribution in [0.4, 0.5) is 0 Å². The number of aliphatic hydroxyl groups excluding tert-OH is 1. The summed E-state index contributed by atoms with van der Waals surface area (Å²) in [5.41, 5.74) is 3.00. The summed E-state index contributed by atoms with van der Waals surface area (Å²) in [6, 6.07) is 19.7. The van der Waals surface area contributed by atoms with E-state index in [9.17, 15) is 14.7 Å². The smallest absolute Gasteiger partial charge is 0.295 e. The van der Waals surface area contributed by atoms with Crippen LogP contribution in [0.1, 0.15) is 49.1 Å². The van der Waals surface area contributed by atoms with Crippen LogP contribution in [0.25, 0.3) is 5.76 Å². The number of aliphatic hydroxyl groups is 1. The number of carbonyl (C=O) groups excluding carboxylic acids is 2. The Hall–Kier alpha value is -4.26. The van der Waals surface area contributed by atoms with Crippen molar-refractivity contribution in [1.29, 1.82) is 0 Å². The molecule has 0 spiro atoms. The largest absolute Gasteiger partial charge is 0.506 e. The third kappa shape index (κ3) is 5.48. The van der Waals surface area contributed by atoms with Gasteiger partial charge in [0.1, 0.15) is 28.6 Å². The summed E-state index contributed by atoms with van der Waals surface area (Å²) in [4.78, 5) is 28.5. The number of ether oxygens (including phenoxy) is 3. The molecule has 1 N–H and O–H groups in total. The number of ketones is 1. The zero-order valence-electron chi connectivity index (χ0n) is 23.3. The van der Waals surface area contributed by atoms with E-state index in [1.165, 1.54) is 19.1 Å². The molecule has 0 saturated carbocycles. The molecule has 1 unspecified atom stereocenters. The molecular formula is C32H35NO6. The minimum Gasteiger partial charge on any atom is -0.506 e. The Morgan fingerprint density at radius 1 is 0.846 bits per heavy atom. The number of benzene rings is 3. The highest BCUT2D eigenvalue weighted by molar-refractivity contribution is 6.46. The first-order valence-corrected chi connectivity index (χ1v) is 12.8. The molecule has 3 aromatic carbocycles. The zero-order valence-corrected chi connectivity index (χ0v) is 23.3. The van der Waals surface area contributed by atoms with E-state index in [-0.39, 0.29) is 28.9 Å². The van der Waals surface area contributed by atoms with E-state index in [0.717, 1.165) is 22.4 Å². The van der Waals surface area contributed by atoms with Gasteiger partial charge in [0.2, 0.25) is 0 Å². The topological polar surface area (TPSA) is 85.3 Å². The lowest BCUT2D eigenvalue weighted by Crippen LogP contribution is -2.31. The molecule has 1 aliphatic heterocycles. The van der Waals surface area contributed by atoms with Crippen LogP contribution in [-0.2, 0) is 21.4 Å². The van der Waals surface area contributed by atoms with Crippen LogP contribution in [0.3, 0.4) is 0 Å². The lowest BCUT2D eigenvalue weighted by atomic mass is 9.85. The van der Waals surface area contributed by atoms with Crippen molar-refractivity contribution in [3.05, 3.63) is 94.6 Å². The van der Waals surface area contributed by atoms with Gasteiger partial charge in [0.15, 0.2) is 0 Å². The van der Waals surface area contributed by atoms with E-state index < -0.39 is 17.7 Å². The summed E-state index contributed by atoms with van der Waals surface area (Å²) in [5, 5.41) is 11.6. The van der Waals surface area contributed by atoms with Gasteiger partial charge in [-0.3, -0.25) is 9.59 Å². The number of carbonyl (C=O) groups is 2. The Kier molecular flexibility index (Phi) is 8.00. The molecule has 4 rings (SSSR count). The molecule has 7 nitrogen and oxygen atoms in total. The van der Waals surface area contributed by atoms with Gasteiger partial charge in [-0.25, -0.2) is 0 Å². The minimum absolute atomic E-state index is 0.000963. The first-order chi connectivity index (χ1) is 18.6. The van der Waals surface area contributed by atoms with Crippen LogP contribution >= 0.6 is 0 Å². The van der Waals surface area contributed by atoms with Gasteiger partial charge in [0, 0.05) is 6.54 Å². The van der Waals surface area contributed by atoms with Gasteiger partial charge in [-0.2, -0.15) is 0 Å². The molecule has 0 bridgehead atoms. The van der Waals surface area contributed by atoms with Crippen LogP contribution < -0.4 is 14.2 Å². The zero-order chi connectivity index (χ0) is 28.3. The number of nitrogens with zero attached hydrogens (tertiary/aromatic N) is 1. The molecule has 1 heterocycles. The molecule has 1 amide bonds. The molecule has 0 aliphatic carbocycles. The highest BCUT2D eigenvalue weighted by Gasteiger charge is 2.46. The number of methoxy groups -OCH3 is 3. The molecule has 1 atom stereocenters. The van der Waals surface area contributed by atoms with Gasteiger partial charge in [-0.1, -0.05) is 63.2 Å². The Morgan fingerprint density at radius 3 is 1.95 bits per heavy atom. The van der Waals surface area contributed by atoms with Gasteiger partial charge in [-0.05, 0) is 52.8 Å². The number of likely N-dealkylation sites (tertiary alicyclic amines) is 1. The van der Waals surface area contributed by atoms with Gasteiger partial charge >= 0.3 is 0 Å². The Balaban J connectivity index is 1.83. The van der Waals surface area contributed by atoms with Crippen molar-refractivity contribution in [2.75, 3.05) is 27.9 Å². The summed E-state index contributed by atoms with van der Waals surface area (Å²) in [7, 11) is 4.56. The fraction of sp³-hybridized carbons (Fsp3) is 0.312. The van der Waals surface area contributed by atoms with Gasteiger partial charge in [0.05, 0.1) is 32.9 Å². The molecule has 1 fully saturated rings. The quantitative estimate of drug-likeness (QED) is 0.230. The third-order valence-corrected chi connectivity index (χ3v) is 7.10. The van der Waals surface area contributed by atoms with Crippen molar-refractivity contribution in [1.82, 2.24) is 4.90 Å². The van der Waals surface area contributed by atoms with Crippen molar-refractivity contribution < 1.29 is 28.9 Å². The summed E-state index contributed by atoms with van der Waals surface area (Å²) >= 11 is 0. The molecule has 39 heavy (non-hydrogen) atoms. The molecule has 1 saturated heterocycles. The molecule has 0 radical (unpaired) electrons. The van der Waals surface area contributed by atoms with Crippen LogP contribution in [0.15, 0.2) is 72.3 Å². The second kappa shape index (κ2) is 11.2. The average Bonchev–Trinajstić information content (AvgIpc) is 3.20. The number of Topliss-reactive ketones (excluding diaryl/α,β-unsaturated/α-hetero) is 1. The highest BCUT2D eigenvalue weighted by Crippen LogP contribution is 2.43. The lowest BCUT2D eigenvalue weighted by Gasteiger charge is -2.27. The summed E-state index contributed by atoms with van der Waals surface area (Å²) < 4.78 is 16.2. The number of hydrogen-bond acceptors (Lipinski definition) is 6. The summed E-state index contributed by atoms with van der Waals surface area (Å²) in [6.45, 7) is 6.65. The van der Waals surface area contributed by atoms with Crippen molar-refractivity contribution in [2.24, 2.45) is 0 Å². The maximum atomic E-state index is 13.5. The van der Waals surface area contributed by atoms with Crippen LogP contribution in [-0.4, -0.2) is 49.6 Å². The van der Waals surface area contributed by atoms with Gasteiger partial charge in [-0.15, -0.1) is 0 Å². The van der Waals surface area contributed by atoms with Crippen molar-refractivity contribution in [3.63, 3.8) is 0 Å². The predicted molar refractivity (Wildman–Crippen MR) is 150 cm³/mol. The Labute approximate surface area is 229 Å². The fourth-order valence-corrected chi connectivity index (χ4v) is 4.88. The normalized spacial score (nSPS) is 16.9. The Bertz CT molecular complexity index is 1360. The van der Waals surface area contributed by atoms with Gasteiger partial charge in [0.25, 0.3) is 11.7 Å². The van der Waals surface area contributed by atoms with E-state index in [0.29, 0.717) is 17.9 Å². The van der Waals surface area contributed by atoms with E-state index in [1.54, 1.807) is 25.3 Å². The van der Waals surface area contributed by atoms with Crippen LogP contribution in [0.5, 0.6) is 17.2 Å². The number of amides is 1. The predicted octanol–water partition coefficient (Wildman–Crippen LogP) is 5.67. The van der Waals surface area contributed by atoms with Crippen molar-refractivity contribution in [2.45, 2.75) is 38.6 Å². The van der Waals surface area contributed by atoms with Crippen LogP contribution in [0, 0.1) is 0 Å². The summed E-state index contributed by atoms with van der Waals surface area (Å²) in [5.74, 6) is -0.344. The highest BCUT2D eigenvalue weighted by atomic mass is 16.5. The molecule has 204 valence electrons. The monoisotopic (exact) mass is 529 g/mol. The summed E-state index contributed by atoms with van der Waals surface area (Å²) in [6.07, 6.45) is 0.519. The van der Waals surface area contributed by atoms with Gasteiger partial charge < -0.3 is 24.2 Å². The first kappa shape index (κ1) is 27.8. The Morgan fingerprint density at radius 2 is 1.44 bits per heavy atom. The molecule has 3 aromatic rings. The van der Waals surface area contributed by atoms with Crippen molar-refractivity contribution in [3.8, 4) is 17.2 Å². The van der Waals surface area contributed by atoms with Crippen LogP contribution in [0.2, 0.25) is 0 Å². The first-order valence-electron chi connectivity index (χ1n) is 12.8. The van der Waals surface area contributed by atoms with Crippen molar-refractivity contribution >= 4 is 17.4 Å². The van der Waals surface area contributed by atoms with E-state index in [1.807, 2.05) is 48.5 Å². The second-order valence-corrected chi connectivity index (χ2v) is 10.5.